The minimum atomic E-state index is -0.902. The summed E-state index contributed by atoms with van der Waals surface area (Å²) in [4.78, 5) is 11.0. The van der Waals surface area contributed by atoms with E-state index in [2.05, 4.69) is 5.32 Å². The number of carbonyl (C=O) groups is 1. The number of benzene rings is 1. The number of anilines is 1. The molecule has 1 aromatic carbocycles. The lowest BCUT2D eigenvalue weighted by Crippen LogP contribution is -2.20. The minimum Gasteiger partial charge on any atom is -0.396 e. The van der Waals surface area contributed by atoms with Gasteiger partial charge in [-0.2, -0.15) is 0 Å². The number of hydrogen-bond donors (Lipinski definition) is 2. The highest BCUT2D eigenvalue weighted by molar-refractivity contribution is 5.95. The molecule has 0 radical (unpaired) electrons. The van der Waals surface area contributed by atoms with E-state index in [9.17, 15) is 13.6 Å². The zero-order valence-corrected chi connectivity index (χ0v) is 6.90. The highest BCUT2D eigenvalue weighted by atomic mass is 19.1. The van der Waals surface area contributed by atoms with Gasteiger partial charge in [0.1, 0.15) is 5.82 Å². The number of amides is 1. The molecule has 1 amide bonds. The lowest BCUT2D eigenvalue weighted by atomic mass is 10.1. The van der Waals surface area contributed by atoms with Crippen molar-refractivity contribution in [1.82, 2.24) is 5.32 Å². The van der Waals surface area contributed by atoms with E-state index in [1.807, 2.05) is 0 Å². The summed E-state index contributed by atoms with van der Waals surface area (Å²) in [6.45, 7) is 0. The first kappa shape index (κ1) is 9.44. The first-order valence-corrected chi connectivity index (χ1v) is 3.53. The fraction of sp³-hybridized carbons (Fsp3) is 0.125. The van der Waals surface area contributed by atoms with Crippen LogP contribution in [0.3, 0.4) is 0 Å². The lowest BCUT2D eigenvalue weighted by Gasteiger charge is -2.03. The molecule has 13 heavy (non-hydrogen) atoms. The average Bonchev–Trinajstić information content (AvgIpc) is 2.10. The van der Waals surface area contributed by atoms with E-state index in [1.165, 1.54) is 7.05 Å². The third kappa shape index (κ3) is 1.74. The van der Waals surface area contributed by atoms with Gasteiger partial charge in [-0.3, -0.25) is 4.79 Å². The maximum absolute atomic E-state index is 13.1. The molecule has 0 aromatic heterocycles. The standard InChI is InChI=1S/C8H8F2N2O/c1-12-8(13)5-2-4(9)3-6(11)7(5)10/h2-3H,11H2,1H3,(H,12,13). The van der Waals surface area contributed by atoms with Crippen molar-refractivity contribution in [3.8, 4) is 0 Å². The predicted octanol–water partition coefficient (Wildman–Crippen LogP) is 0.907. The van der Waals surface area contributed by atoms with Crippen molar-refractivity contribution >= 4 is 11.6 Å². The van der Waals surface area contributed by atoms with Crippen LogP contribution in [0.15, 0.2) is 12.1 Å². The van der Waals surface area contributed by atoms with Crippen molar-refractivity contribution in [1.29, 1.82) is 0 Å². The van der Waals surface area contributed by atoms with Crippen molar-refractivity contribution in [2.24, 2.45) is 0 Å². The van der Waals surface area contributed by atoms with Gasteiger partial charge in [-0.15, -0.1) is 0 Å². The maximum atomic E-state index is 13.1. The third-order valence-corrected chi connectivity index (χ3v) is 1.54. The van der Waals surface area contributed by atoms with Gasteiger partial charge in [-0.05, 0) is 12.1 Å². The third-order valence-electron chi connectivity index (χ3n) is 1.54. The normalized spacial score (nSPS) is 9.77. The molecule has 0 atom stereocenters. The Balaban J connectivity index is 3.28. The van der Waals surface area contributed by atoms with E-state index in [1.54, 1.807) is 0 Å². The van der Waals surface area contributed by atoms with Crippen LogP contribution in [-0.4, -0.2) is 13.0 Å². The summed E-state index contributed by atoms with van der Waals surface area (Å²) in [5, 5.41) is 2.18. The highest BCUT2D eigenvalue weighted by Crippen LogP contribution is 2.16. The highest BCUT2D eigenvalue weighted by Gasteiger charge is 2.14. The van der Waals surface area contributed by atoms with Crippen LogP contribution in [0.1, 0.15) is 10.4 Å². The number of hydrogen-bond acceptors (Lipinski definition) is 2. The molecule has 1 rings (SSSR count). The monoisotopic (exact) mass is 186 g/mol. The average molecular weight is 186 g/mol. The number of nitrogens with two attached hydrogens (primary N) is 1. The lowest BCUT2D eigenvalue weighted by molar-refractivity contribution is 0.0958. The van der Waals surface area contributed by atoms with Crippen LogP contribution in [-0.2, 0) is 0 Å². The first-order chi connectivity index (χ1) is 6.06. The molecule has 0 fully saturated rings. The minimum absolute atomic E-state index is 0.376. The molecule has 0 spiro atoms. The Labute approximate surface area is 73.5 Å². The Bertz CT molecular complexity index is 352. The van der Waals surface area contributed by atoms with Crippen LogP contribution in [0.2, 0.25) is 0 Å². The fourth-order valence-electron chi connectivity index (χ4n) is 0.910. The van der Waals surface area contributed by atoms with Crippen LogP contribution in [0.4, 0.5) is 14.5 Å². The van der Waals surface area contributed by atoms with Crippen LogP contribution in [0.5, 0.6) is 0 Å². The second kappa shape index (κ2) is 3.38. The molecule has 1 aromatic rings. The summed E-state index contributed by atoms with van der Waals surface area (Å²) >= 11 is 0. The molecule has 0 saturated carbocycles. The summed E-state index contributed by atoms with van der Waals surface area (Å²) in [6, 6.07) is 1.62. The Morgan fingerprint density at radius 3 is 2.62 bits per heavy atom. The Kier molecular flexibility index (Phi) is 2.46. The van der Waals surface area contributed by atoms with Gasteiger partial charge in [-0.1, -0.05) is 0 Å². The second-order valence-electron chi connectivity index (χ2n) is 2.44. The SMILES string of the molecule is CNC(=O)c1cc(F)cc(N)c1F. The molecule has 0 aliphatic carbocycles. The van der Waals surface area contributed by atoms with Gasteiger partial charge in [0.25, 0.3) is 5.91 Å². The van der Waals surface area contributed by atoms with Crippen LogP contribution < -0.4 is 11.1 Å². The van der Waals surface area contributed by atoms with Crippen molar-refractivity contribution in [3.63, 3.8) is 0 Å². The van der Waals surface area contributed by atoms with Crippen molar-refractivity contribution in [3.05, 3.63) is 29.3 Å². The van der Waals surface area contributed by atoms with Gasteiger partial charge in [-0.25, -0.2) is 8.78 Å². The van der Waals surface area contributed by atoms with Gasteiger partial charge in [0.2, 0.25) is 0 Å². The van der Waals surface area contributed by atoms with Crippen LogP contribution >= 0.6 is 0 Å². The summed E-state index contributed by atoms with van der Waals surface area (Å²) in [6.07, 6.45) is 0. The molecule has 0 heterocycles. The van der Waals surface area contributed by atoms with E-state index in [4.69, 9.17) is 5.73 Å². The molecule has 0 saturated heterocycles. The predicted molar refractivity (Wildman–Crippen MR) is 44.2 cm³/mol. The molecule has 3 N–H and O–H groups in total. The zero-order chi connectivity index (χ0) is 10.0. The number of nitrogens with one attached hydrogen (secondary N) is 1. The Morgan fingerprint density at radius 2 is 2.08 bits per heavy atom. The van der Waals surface area contributed by atoms with Gasteiger partial charge in [0.05, 0.1) is 11.3 Å². The Hall–Kier alpha value is -1.65. The number of rotatable bonds is 1. The van der Waals surface area contributed by atoms with Crippen molar-refractivity contribution in [2.75, 3.05) is 12.8 Å². The topological polar surface area (TPSA) is 55.1 Å². The zero-order valence-electron chi connectivity index (χ0n) is 6.90. The van der Waals surface area contributed by atoms with Gasteiger partial charge < -0.3 is 11.1 Å². The van der Waals surface area contributed by atoms with Crippen LogP contribution in [0.25, 0.3) is 0 Å². The van der Waals surface area contributed by atoms with Gasteiger partial charge in [0, 0.05) is 7.05 Å². The smallest absolute Gasteiger partial charge is 0.254 e. The van der Waals surface area contributed by atoms with E-state index >= 15 is 0 Å². The van der Waals surface area contributed by atoms with Crippen LogP contribution in [0, 0.1) is 11.6 Å². The molecule has 5 heteroatoms. The second-order valence-corrected chi connectivity index (χ2v) is 2.44. The van der Waals surface area contributed by atoms with E-state index in [0.29, 0.717) is 0 Å². The maximum Gasteiger partial charge on any atom is 0.254 e. The van der Waals surface area contributed by atoms with E-state index < -0.39 is 17.5 Å². The molecule has 0 bridgehead atoms. The summed E-state index contributed by atoms with van der Waals surface area (Å²) in [7, 11) is 1.32. The molecular formula is C8H8F2N2O. The molecule has 3 nitrogen and oxygen atoms in total. The molecule has 0 aliphatic heterocycles. The summed E-state index contributed by atoms with van der Waals surface area (Å²) in [5.74, 6) is -2.35. The quantitative estimate of drug-likeness (QED) is 0.640. The Morgan fingerprint density at radius 1 is 1.46 bits per heavy atom. The van der Waals surface area contributed by atoms with E-state index in [-0.39, 0.29) is 11.3 Å². The number of halogens is 2. The largest absolute Gasteiger partial charge is 0.396 e. The van der Waals surface area contributed by atoms with Gasteiger partial charge >= 0.3 is 0 Å². The van der Waals surface area contributed by atoms with Gasteiger partial charge in [0.15, 0.2) is 5.82 Å². The first-order valence-electron chi connectivity index (χ1n) is 3.53. The number of nitrogen functional groups attached to an aromatic ring is 1. The number of carbonyl (C=O) groups excluding carboxylic acids is 1. The molecule has 70 valence electrons. The molecule has 0 aliphatic rings. The van der Waals surface area contributed by atoms with Crippen molar-refractivity contribution < 1.29 is 13.6 Å². The summed E-state index contributed by atoms with van der Waals surface area (Å²) < 4.78 is 25.7. The fourth-order valence-corrected chi connectivity index (χ4v) is 0.910. The van der Waals surface area contributed by atoms with E-state index in [0.717, 1.165) is 12.1 Å². The molecular weight excluding hydrogens is 178 g/mol. The van der Waals surface area contributed by atoms with Crippen molar-refractivity contribution in [2.45, 2.75) is 0 Å². The molecule has 0 unspecified atom stereocenters. The summed E-state index contributed by atoms with van der Waals surface area (Å²) in [5.41, 5.74) is 4.35.